The SMILES string of the molecule is CCOc1ccc(NC(=O)CN2C(=O)S/C(=C/c3ccc(OCC(=O)Nc4cccc(Cl)c4)c(OCC)c3)C2=O)cc1. The number of rotatable bonds is 12. The number of hydrogen-bond acceptors (Lipinski definition) is 8. The van der Waals surface area contributed by atoms with E-state index < -0.39 is 23.6 Å². The maximum absolute atomic E-state index is 13.0. The molecular weight excluding hydrogens is 582 g/mol. The fourth-order valence-electron chi connectivity index (χ4n) is 3.84. The van der Waals surface area contributed by atoms with Gasteiger partial charge in [0.25, 0.3) is 17.1 Å². The van der Waals surface area contributed by atoms with E-state index in [1.54, 1.807) is 73.7 Å². The van der Waals surface area contributed by atoms with Gasteiger partial charge in [0.1, 0.15) is 12.3 Å². The number of hydrogen-bond donors (Lipinski definition) is 2. The number of ether oxygens (including phenoxy) is 3. The third-order valence-electron chi connectivity index (χ3n) is 5.66. The van der Waals surface area contributed by atoms with Crippen molar-refractivity contribution in [3.63, 3.8) is 0 Å². The summed E-state index contributed by atoms with van der Waals surface area (Å²) in [4.78, 5) is 51.4. The summed E-state index contributed by atoms with van der Waals surface area (Å²) in [6.07, 6.45) is 1.54. The van der Waals surface area contributed by atoms with E-state index in [-0.39, 0.29) is 17.4 Å². The number of carbonyl (C=O) groups excluding carboxylic acids is 4. The molecule has 0 saturated carbocycles. The van der Waals surface area contributed by atoms with Crippen LogP contribution in [0.5, 0.6) is 17.2 Å². The van der Waals surface area contributed by atoms with E-state index in [9.17, 15) is 19.2 Å². The maximum atomic E-state index is 13.0. The molecule has 1 aliphatic heterocycles. The van der Waals surface area contributed by atoms with Crippen LogP contribution in [0.15, 0.2) is 71.6 Å². The average molecular weight is 610 g/mol. The van der Waals surface area contributed by atoms with Crippen LogP contribution in [0.3, 0.4) is 0 Å². The molecule has 42 heavy (non-hydrogen) atoms. The Bertz CT molecular complexity index is 1510. The standard InChI is InChI=1S/C30H28ClN3O7S/c1-3-39-23-11-9-21(10-12-23)32-27(35)17-34-29(37)26(42-30(34)38)15-19-8-13-24(25(14-19)40-4-2)41-18-28(36)33-22-7-5-6-20(31)16-22/h5-16H,3-4,17-18H2,1-2H3,(H,32,35)(H,33,36)/b26-15+. The van der Waals surface area contributed by atoms with Crippen LogP contribution in [0.2, 0.25) is 5.02 Å². The molecule has 1 heterocycles. The first-order chi connectivity index (χ1) is 20.2. The van der Waals surface area contributed by atoms with Crippen LogP contribution in [0, 0.1) is 0 Å². The minimum absolute atomic E-state index is 0.158. The first kappa shape index (κ1) is 30.5. The Labute approximate surface area is 252 Å². The monoisotopic (exact) mass is 609 g/mol. The molecule has 0 spiro atoms. The third-order valence-corrected chi connectivity index (χ3v) is 6.80. The zero-order chi connectivity index (χ0) is 30.1. The molecule has 0 radical (unpaired) electrons. The van der Waals surface area contributed by atoms with Crippen molar-refractivity contribution in [1.29, 1.82) is 0 Å². The van der Waals surface area contributed by atoms with E-state index in [1.807, 2.05) is 6.92 Å². The molecule has 0 bridgehead atoms. The highest BCUT2D eigenvalue weighted by atomic mass is 35.5. The first-order valence-corrected chi connectivity index (χ1v) is 14.2. The predicted molar refractivity (Wildman–Crippen MR) is 162 cm³/mol. The molecule has 0 aromatic heterocycles. The molecule has 3 aromatic rings. The molecular formula is C30H28ClN3O7S. The minimum Gasteiger partial charge on any atom is -0.494 e. The van der Waals surface area contributed by atoms with E-state index in [2.05, 4.69) is 10.6 Å². The zero-order valence-electron chi connectivity index (χ0n) is 22.8. The van der Waals surface area contributed by atoms with Gasteiger partial charge in [0.2, 0.25) is 5.91 Å². The maximum Gasteiger partial charge on any atom is 0.294 e. The first-order valence-electron chi connectivity index (χ1n) is 13.0. The average Bonchev–Trinajstić information content (AvgIpc) is 3.21. The number of nitrogens with one attached hydrogen (secondary N) is 2. The van der Waals surface area contributed by atoms with Gasteiger partial charge in [0.05, 0.1) is 18.1 Å². The van der Waals surface area contributed by atoms with Gasteiger partial charge in [0.15, 0.2) is 18.1 Å². The lowest BCUT2D eigenvalue weighted by molar-refractivity contribution is -0.127. The molecule has 4 amide bonds. The highest BCUT2D eigenvalue weighted by Gasteiger charge is 2.36. The van der Waals surface area contributed by atoms with Gasteiger partial charge in [-0.3, -0.25) is 24.1 Å². The zero-order valence-corrected chi connectivity index (χ0v) is 24.4. The number of anilines is 2. The van der Waals surface area contributed by atoms with Gasteiger partial charge in [0, 0.05) is 16.4 Å². The Balaban J connectivity index is 1.38. The molecule has 0 atom stereocenters. The van der Waals surface area contributed by atoms with Crippen LogP contribution in [-0.2, 0) is 14.4 Å². The molecule has 2 N–H and O–H groups in total. The number of imide groups is 1. The van der Waals surface area contributed by atoms with Gasteiger partial charge in [-0.15, -0.1) is 0 Å². The highest BCUT2D eigenvalue weighted by Crippen LogP contribution is 2.35. The van der Waals surface area contributed by atoms with Gasteiger partial charge in [-0.1, -0.05) is 23.7 Å². The molecule has 1 saturated heterocycles. The lowest BCUT2D eigenvalue weighted by Crippen LogP contribution is -2.36. The second kappa shape index (κ2) is 14.4. The summed E-state index contributed by atoms with van der Waals surface area (Å²) in [7, 11) is 0. The van der Waals surface area contributed by atoms with Crippen molar-refractivity contribution in [2.24, 2.45) is 0 Å². The molecule has 0 unspecified atom stereocenters. The van der Waals surface area contributed by atoms with Crippen LogP contribution in [-0.4, -0.2) is 54.2 Å². The summed E-state index contributed by atoms with van der Waals surface area (Å²) < 4.78 is 16.7. The van der Waals surface area contributed by atoms with E-state index in [0.717, 1.165) is 16.7 Å². The molecule has 10 nitrogen and oxygen atoms in total. The van der Waals surface area contributed by atoms with Crippen LogP contribution in [0.25, 0.3) is 6.08 Å². The molecule has 1 aliphatic rings. The molecule has 1 fully saturated rings. The number of halogens is 1. The molecule has 0 aliphatic carbocycles. The molecule has 4 rings (SSSR count). The summed E-state index contributed by atoms with van der Waals surface area (Å²) in [6.45, 7) is 3.82. The van der Waals surface area contributed by atoms with Crippen molar-refractivity contribution in [2.45, 2.75) is 13.8 Å². The van der Waals surface area contributed by atoms with E-state index >= 15 is 0 Å². The Morgan fingerprint density at radius 3 is 2.31 bits per heavy atom. The van der Waals surface area contributed by atoms with Crippen molar-refractivity contribution in [3.8, 4) is 17.2 Å². The Kier molecular flexibility index (Phi) is 10.5. The van der Waals surface area contributed by atoms with Crippen molar-refractivity contribution in [1.82, 2.24) is 4.90 Å². The Hall–Kier alpha value is -4.48. The molecule has 3 aromatic carbocycles. The van der Waals surface area contributed by atoms with E-state index in [0.29, 0.717) is 52.4 Å². The number of amides is 4. The quantitative estimate of drug-likeness (QED) is 0.246. The van der Waals surface area contributed by atoms with Crippen molar-refractivity contribution in [2.75, 3.05) is 37.0 Å². The van der Waals surface area contributed by atoms with Gasteiger partial charge < -0.3 is 24.8 Å². The topological polar surface area (TPSA) is 123 Å². The summed E-state index contributed by atoms with van der Waals surface area (Å²) >= 11 is 6.69. The predicted octanol–water partition coefficient (Wildman–Crippen LogP) is 5.83. The number of nitrogens with zero attached hydrogens (tertiary/aromatic N) is 1. The second-order valence-corrected chi connectivity index (χ2v) is 10.2. The van der Waals surface area contributed by atoms with Crippen LogP contribution < -0.4 is 24.8 Å². The van der Waals surface area contributed by atoms with E-state index in [4.69, 9.17) is 25.8 Å². The van der Waals surface area contributed by atoms with Gasteiger partial charge in [-0.2, -0.15) is 0 Å². The van der Waals surface area contributed by atoms with Crippen molar-refractivity contribution < 1.29 is 33.4 Å². The van der Waals surface area contributed by atoms with Gasteiger partial charge in [-0.05, 0) is 91.8 Å². The Morgan fingerprint density at radius 1 is 0.857 bits per heavy atom. The lowest BCUT2D eigenvalue weighted by atomic mass is 10.2. The van der Waals surface area contributed by atoms with Crippen LogP contribution in [0.4, 0.5) is 16.2 Å². The number of benzene rings is 3. The summed E-state index contributed by atoms with van der Waals surface area (Å²) in [5.74, 6) is -0.128. The molecule has 218 valence electrons. The molecule has 12 heteroatoms. The minimum atomic E-state index is -0.581. The number of thioether (sulfide) groups is 1. The normalized spacial score (nSPS) is 13.7. The smallest absolute Gasteiger partial charge is 0.294 e. The highest BCUT2D eigenvalue weighted by molar-refractivity contribution is 8.18. The summed E-state index contributed by atoms with van der Waals surface area (Å²) in [5.41, 5.74) is 1.62. The van der Waals surface area contributed by atoms with Crippen molar-refractivity contribution in [3.05, 3.63) is 82.2 Å². The number of carbonyl (C=O) groups is 4. The summed E-state index contributed by atoms with van der Waals surface area (Å²) in [6, 6.07) is 18.4. The second-order valence-electron chi connectivity index (χ2n) is 8.76. The van der Waals surface area contributed by atoms with E-state index in [1.165, 1.54) is 6.08 Å². The van der Waals surface area contributed by atoms with Crippen LogP contribution in [0.1, 0.15) is 19.4 Å². The Morgan fingerprint density at radius 2 is 1.60 bits per heavy atom. The largest absolute Gasteiger partial charge is 0.494 e. The fraction of sp³-hybridized carbons (Fsp3) is 0.200. The van der Waals surface area contributed by atoms with Crippen molar-refractivity contribution >= 4 is 63.8 Å². The fourth-order valence-corrected chi connectivity index (χ4v) is 4.87. The van der Waals surface area contributed by atoms with Gasteiger partial charge in [-0.25, -0.2) is 0 Å². The van der Waals surface area contributed by atoms with Crippen LogP contribution >= 0.6 is 23.4 Å². The summed E-state index contributed by atoms with van der Waals surface area (Å²) in [5, 5.41) is 5.32. The van der Waals surface area contributed by atoms with Gasteiger partial charge >= 0.3 is 0 Å². The third kappa shape index (κ3) is 8.27. The lowest BCUT2D eigenvalue weighted by Gasteiger charge is -2.13.